The van der Waals surface area contributed by atoms with Crippen LogP contribution in [0.3, 0.4) is 0 Å². The fourth-order valence-electron chi connectivity index (χ4n) is 3.02. The van der Waals surface area contributed by atoms with Crippen LogP contribution < -0.4 is 4.74 Å². The van der Waals surface area contributed by atoms with Crippen LogP contribution in [0.1, 0.15) is 31.2 Å². The van der Waals surface area contributed by atoms with Crippen molar-refractivity contribution in [1.82, 2.24) is 4.90 Å². The van der Waals surface area contributed by atoms with E-state index in [1.165, 1.54) is 0 Å². The molecule has 0 bridgehead atoms. The van der Waals surface area contributed by atoms with E-state index in [1.54, 1.807) is 12.0 Å². The lowest BCUT2D eigenvalue weighted by molar-refractivity contribution is -0.132. The summed E-state index contributed by atoms with van der Waals surface area (Å²) in [6.07, 6.45) is 3.04. The van der Waals surface area contributed by atoms with Crippen LogP contribution in [-0.4, -0.2) is 29.3 Å². The van der Waals surface area contributed by atoms with Crippen LogP contribution in [0, 0.1) is 0 Å². The normalized spacial score (nSPS) is 22.2. The van der Waals surface area contributed by atoms with E-state index in [1.807, 2.05) is 24.3 Å². The smallest absolute Gasteiger partial charge is 0.252 e. The zero-order valence-electron chi connectivity index (χ0n) is 11.6. The highest BCUT2D eigenvalue weighted by Crippen LogP contribution is 2.36. The molecular weight excluding hydrogens is 254 g/mol. The van der Waals surface area contributed by atoms with Crippen LogP contribution >= 0.6 is 0 Å². The summed E-state index contributed by atoms with van der Waals surface area (Å²) in [6, 6.07) is 7.59. The number of carbonyl (C=O) groups is 1. The molecule has 1 amide bonds. The minimum absolute atomic E-state index is 0.00279. The van der Waals surface area contributed by atoms with Gasteiger partial charge in [-0.2, -0.15) is 0 Å². The van der Waals surface area contributed by atoms with Gasteiger partial charge in [0.2, 0.25) is 0 Å². The molecule has 0 aromatic heterocycles. The molecule has 4 heteroatoms. The van der Waals surface area contributed by atoms with E-state index in [9.17, 15) is 9.90 Å². The Morgan fingerprint density at radius 1 is 1.25 bits per heavy atom. The first-order chi connectivity index (χ1) is 9.70. The maximum Gasteiger partial charge on any atom is 0.252 e. The van der Waals surface area contributed by atoms with E-state index in [0.717, 1.165) is 48.1 Å². The topological polar surface area (TPSA) is 49.8 Å². The van der Waals surface area contributed by atoms with Crippen molar-refractivity contribution in [3.8, 4) is 5.75 Å². The van der Waals surface area contributed by atoms with Crippen molar-refractivity contribution in [3.63, 3.8) is 0 Å². The van der Waals surface area contributed by atoms with Gasteiger partial charge in [0.15, 0.2) is 6.23 Å². The molecule has 20 heavy (non-hydrogen) atoms. The minimum Gasteiger partial charge on any atom is -0.497 e. The van der Waals surface area contributed by atoms with Crippen LogP contribution in [0.15, 0.2) is 35.4 Å². The third-order valence-electron chi connectivity index (χ3n) is 4.15. The summed E-state index contributed by atoms with van der Waals surface area (Å²) in [7, 11) is 1.63. The van der Waals surface area contributed by atoms with Gasteiger partial charge >= 0.3 is 0 Å². The van der Waals surface area contributed by atoms with Crippen molar-refractivity contribution < 1.29 is 14.6 Å². The molecule has 1 atom stereocenters. The summed E-state index contributed by atoms with van der Waals surface area (Å²) in [5.41, 5.74) is 2.78. The second kappa shape index (κ2) is 5.29. The molecule has 1 aliphatic carbocycles. The number of ether oxygens (including phenoxy) is 1. The van der Waals surface area contributed by atoms with Crippen LogP contribution in [0.25, 0.3) is 0 Å². The molecular formula is C16H19NO3. The predicted octanol–water partition coefficient (Wildman–Crippen LogP) is 2.23. The lowest BCUT2D eigenvalue weighted by atomic mass is 9.93. The average Bonchev–Trinajstić information content (AvgIpc) is 2.74. The van der Waals surface area contributed by atoms with Gasteiger partial charge in [-0.25, -0.2) is 0 Å². The highest BCUT2D eigenvalue weighted by atomic mass is 16.5. The predicted molar refractivity (Wildman–Crippen MR) is 75.0 cm³/mol. The molecule has 0 saturated heterocycles. The van der Waals surface area contributed by atoms with Gasteiger partial charge in [-0.05, 0) is 49.0 Å². The first-order valence-corrected chi connectivity index (χ1v) is 7.04. The van der Waals surface area contributed by atoms with Gasteiger partial charge in [0.05, 0.1) is 7.11 Å². The molecule has 2 aliphatic rings. The Morgan fingerprint density at radius 2 is 1.95 bits per heavy atom. The lowest BCUT2D eigenvalue weighted by Gasteiger charge is -2.22. The fraction of sp³-hybridized carbons (Fsp3) is 0.438. The largest absolute Gasteiger partial charge is 0.497 e. The van der Waals surface area contributed by atoms with Gasteiger partial charge in [0.25, 0.3) is 5.91 Å². The van der Waals surface area contributed by atoms with Gasteiger partial charge in [-0.1, -0.05) is 12.1 Å². The maximum atomic E-state index is 12.4. The summed E-state index contributed by atoms with van der Waals surface area (Å²) in [4.78, 5) is 13.9. The minimum atomic E-state index is -0.736. The van der Waals surface area contributed by atoms with E-state index >= 15 is 0 Å². The Kier molecular flexibility index (Phi) is 3.49. The van der Waals surface area contributed by atoms with Crippen LogP contribution in [-0.2, 0) is 11.3 Å². The second-order valence-electron chi connectivity index (χ2n) is 5.37. The number of aliphatic hydroxyl groups excluding tert-OH is 1. The number of hydrogen-bond donors (Lipinski definition) is 1. The summed E-state index contributed by atoms with van der Waals surface area (Å²) in [5.74, 6) is 0.794. The third kappa shape index (κ3) is 2.20. The number of hydrogen-bond acceptors (Lipinski definition) is 3. The second-order valence-corrected chi connectivity index (χ2v) is 5.37. The number of carbonyl (C=O) groups excluding carboxylic acids is 1. The summed E-state index contributed by atoms with van der Waals surface area (Å²) in [5, 5.41) is 10.3. The average molecular weight is 273 g/mol. The molecule has 0 spiro atoms. The number of methoxy groups -OCH3 is 1. The Hall–Kier alpha value is -1.81. The van der Waals surface area contributed by atoms with E-state index in [4.69, 9.17) is 4.74 Å². The van der Waals surface area contributed by atoms with Gasteiger partial charge in [0, 0.05) is 12.1 Å². The standard InChI is InChI=1S/C16H19NO3/c1-20-12-8-6-11(7-9-12)10-17-15(18)13-4-2-3-5-14(13)16(17)19/h6-9,15,18H,2-5,10H2,1H3/t15-/m0/s1. The van der Waals surface area contributed by atoms with Crippen molar-refractivity contribution in [2.24, 2.45) is 0 Å². The van der Waals surface area contributed by atoms with Gasteiger partial charge in [-0.15, -0.1) is 0 Å². The number of benzene rings is 1. The molecule has 1 aromatic rings. The third-order valence-corrected chi connectivity index (χ3v) is 4.15. The molecule has 3 rings (SSSR count). The zero-order valence-corrected chi connectivity index (χ0v) is 11.6. The molecule has 106 valence electrons. The Labute approximate surface area is 118 Å². The van der Waals surface area contributed by atoms with Gasteiger partial charge < -0.3 is 14.7 Å². The Morgan fingerprint density at radius 3 is 2.60 bits per heavy atom. The van der Waals surface area contributed by atoms with Crippen LogP contribution in [0.2, 0.25) is 0 Å². The summed E-state index contributed by atoms with van der Waals surface area (Å²) in [6.45, 7) is 0.441. The molecule has 1 aliphatic heterocycles. The van der Waals surface area contributed by atoms with E-state index < -0.39 is 6.23 Å². The Balaban J connectivity index is 1.76. The molecule has 4 nitrogen and oxygen atoms in total. The lowest BCUT2D eigenvalue weighted by Crippen LogP contribution is -2.34. The van der Waals surface area contributed by atoms with E-state index in [-0.39, 0.29) is 5.91 Å². The van der Waals surface area contributed by atoms with Crippen molar-refractivity contribution in [1.29, 1.82) is 0 Å². The van der Waals surface area contributed by atoms with Crippen molar-refractivity contribution in [3.05, 3.63) is 41.0 Å². The number of amides is 1. The Bertz CT molecular complexity index is 547. The molecule has 1 N–H and O–H groups in total. The first-order valence-electron chi connectivity index (χ1n) is 7.04. The molecule has 0 fully saturated rings. The van der Waals surface area contributed by atoms with E-state index in [2.05, 4.69) is 0 Å². The summed E-state index contributed by atoms with van der Waals surface area (Å²) < 4.78 is 5.12. The van der Waals surface area contributed by atoms with Crippen molar-refractivity contribution in [2.75, 3.05) is 7.11 Å². The number of rotatable bonds is 3. The fourth-order valence-corrected chi connectivity index (χ4v) is 3.02. The molecule has 0 saturated carbocycles. The number of aliphatic hydroxyl groups is 1. The molecule has 1 aromatic carbocycles. The van der Waals surface area contributed by atoms with Crippen LogP contribution in [0.5, 0.6) is 5.75 Å². The quantitative estimate of drug-likeness (QED) is 0.918. The molecule has 0 unspecified atom stereocenters. The van der Waals surface area contributed by atoms with Crippen molar-refractivity contribution in [2.45, 2.75) is 38.5 Å². The maximum absolute atomic E-state index is 12.4. The summed E-state index contributed by atoms with van der Waals surface area (Å²) >= 11 is 0. The molecule has 0 radical (unpaired) electrons. The van der Waals surface area contributed by atoms with Gasteiger partial charge in [-0.3, -0.25) is 4.79 Å². The monoisotopic (exact) mass is 273 g/mol. The highest BCUT2D eigenvalue weighted by Gasteiger charge is 2.38. The van der Waals surface area contributed by atoms with E-state index in [0.29, 0.717) is 6.54 Å². The highest BCUT2D eigenvalue weighted by molar-refractivity contribution is 5.97. The first kappa shape index (κ1) is 13.2. The van der Waals surface area contributed by atoms with Crippen molar-refractivity contribution >= 4 is 5.91 Å². The number of nitrogens with zero attached hydrogens (tertiary/aromatic N) is 1. The zero-order chi connectivity index (χ0) is 14.1. The SMILES string of the molecule is COc1ccc(CN2C(=O)C3=C(CCCC3)[C@@H]2O)cc1. The van der Waals surface area contributed by atoms with Gasteiger partial charge in [0.1, 0.15) is 5.75 Å². The molecule has 1 heterocycles. The van der Waals surface area contributed by atoms with Crippen LogP contribution in [0.4, 0.5) is 0 Å².